The molecule has 0 spiro atoms. The molecule has 3 saturated carbocycles. The number of fused-ring (bicyclic) bond motifs is 5. The summed E-state index contributed by atoms with van der Waals surface area (Å²) in [5.41, 5.74) is 0.176. The predicted molar refractivity (Wildman–Crippen MR) is 64.1 cm³/mol. The van der Waals surface area contributed by atoms with E-state index in [9.17, 15) is 4.79 Å². The molecule has 16 heavy (non-hydrogen) atoms. The number of hydrogen-bond donors (Lipinski definition) is 1. The van der Waals surface area contributed by atoms with Crippen LogP contribution < -0.4 is 0 Å². The van der Waals surface area contributed by atoms with E-state index in [0.29, 0.717) is 0 Å². The van der Waals surface area contributed by atoms with Crippen LogP contribution in [0.1, 0.15) is 45.4 Å². The fourth-order valence-corrected chi connectivity index (χ4v) is 4.02. The Hall–Kier alpha value is -0.790. The van der Waals surface area contributed by atoms with Gasteiger partial charge in [0.25, 0.3) is 0 Å². The van der Waals surface area contributed by atoms with Crippen molar-refractivity contribution in [1.29, 1.82) is 0 Å². The highest BCUT2D eigenvalue weighted by Crippen LogP contribution is 2.58. The first-order chi connectivity index (χ1) is 7.59. The number of carboxylic acids is 1. The van der Waals surface area contributed by atoms with E-state index in [0.717, 1.165) is 0 Å². The molecule has 3 rings (SSSR count). The summed E-state index contributed by atoms with van der Waals surface area (Å²) in [7, 11) is 0. The lowest BCUT2D eigenvalue weighted by Crippen LogP contribution is -2.15. The standard InChI is InChI=1S/C10H16.C4H6O2/c1-2-9-7-4-5-8(6-7)10(9)3-1;1-3(2)4(5)6/h7-10H,1-6H2;1H2,2H3,(H,5,6). The van der Waals surface area contributed by atoms with E-state index in [4.69, 9.17) is 5.11 Å². The van der Waals surface area contributed by atoms with Gasteiger partial charge in [-0.2, -0.15) is 0 Å². The van der Waals surface area contributed by atoms with Gasteiger partial charge in [-0.15, -0.1) is 0 Å². The molecule has 4 atom stereocenters. The maximum Gasteiger partial charge on any atom is 0.330 e. The van der Waals surface area contributed by atoms with Gasteiger partial charge in [0.2, 0.25) is 0 Å². The van der Waals surface area contributed by atoms with Gasteiger partial charge in [0.1, 0.15) is 0 Å². The predicted octanol–water partition coefficient (Wildman–Crippen LogP) is 3.48. The number of carboxylic acid groups (broad SMARTS) is 1. The lowest BCUT2D eigenvalue weighted by Gasteiger charge is -2.23. The summed E-state index contributed by atoms with van der Waals surface area (Å²) in [5, 5.41) is 7.89. The SMILES string of the molecule is C1CC2C3CCC(C3)C2C1.C=C(C)C(=O)O. The van der Waals surface area contributed by atoms with Gasteiger partial charge in [0, 0.05) is 5.57 Å². The molecule has 0 aromatic heterocycles. The van der Waals surface area contributed by atoms with Crippen molar-refractivity contribution in [3.63, 3.8) is 0 Å². The molecule has 4 unspecified atom stereocenters. The molecule has 0 aromatic rings. The topological polar surface area (TPSA) is 37.3 Å². The van der Waals surface area contributed by atoms with Crippen molar-refractivity contribution < 1.29 is 9.90 Å². The summed E-state index contributed by atoms with van der Waals surface area (Å²) < 4.78 is 0. The van der Waals surface area contributed by atoms with Gasteiger partial charge < -0.3 is 5.11 Å². The third-order valence-corrected chi connectivity index (χ3v) is 4.71. The van der Waals surface area contributed by atoms with Crippen LogP contribution in [0.25, 0.3) is 0 Å². The molecule has 2 heteroatoms. The van der Waals surface area contributed by atoms with Gasteiger partial charge in [-0.25, -0.2) is 4.79 Å². The molecule has 0 amide bonds. The highest BCUT2D eigenvalue weighted by molar-refractivity contribution is 5.84. The van der Waals surface area contributed by atoms with Crippen LogP contribution in [0.15, 0.2) is 12.2 Å². The fraction of sp³-hybridized carbons (Fsp3) is 0.786. The summed E-state index contributed by atoms with van der Waals surface area (Å²) in [6.07, 6.45) is 9.53. The smallest absolute Gasteiger partial charge is 0.330 e. The van der Waals surface area contributed by atoms with E-state index in [1.165, 1.54) is 30.6 Å². The molecule has 0 aromatic carbocycles. The zero-order valence-corrected chi connectivity index (χ0v) is 10.1. The first kappa shape index (κ1) is 11.7. The normalized spacial score (nSPS) is 38.8. The second-order valence-corrected chi connectivity index (χ2v) is 5.68. The van der Waals surface area contributed by atoms with Crippen molar-refractivity contribution in [1.82, 2.24) is 0 Å². The largest absolute Gasteiger partial charge is 0.478 e. The summed E-state index contributed by atoms with van der Waals surface area (Å²) in [5.74, 6) is 3.86. The third-order valence-electron chi connectivity index (χ3n) is 4.71. The molecule has 2 nitrogen and oxygen atoms in total. The zero-order chi connectivity index (χ0) is 11.7. The number of rotatable bonds is 1. The Balaban J connectivity index is 0.000000142. The van der Waals surface area contributed by atoms with E-state index in [2.05, 4.69) is 6.58 Å². The van der Waals surface area contributed by atoms with Gasteiger partial charge in [0.05, 0.1) is 0 Å². The Morgan fingerprint density at radius 3 is 1.94 bits per heavy atom. The van der Waals surface area contributed by atoms with E-state index in [-0.39, 0.29) is 5.57 Å². The Kier molecular flexibility index (Phi) is 3.36. The van der Waals surface area contributed by atoms with Gasteiger partial charge in [-0.3, -0.25) is 0 Å². The van der Waals surface area contributed by atoms with E-state index in [1.54, 1.807) is 38.5 Å². The number of hydrogen-bond acceptors (Lipinski definition) is 1. The minimum Gasteiger partial charge on any atom is -0.478 e. The van der Waals surface area contributed by atoms with Gasteiger partial charge in [0.15, 0.2) is 0 Å². The van der Waals surface area contributed by atoms with Crippen molar-refractivity contribution in [2.45, 2.75) is 45.4 Å². The number of aliphatic carboxylic acids is 1. The molecule has 0 heterocycles. The van der Waals surface area contributed by atoms with Crippen LogP contribution in [0.3, 0.4) is 0 Å². The van der Waals surface area contributed by atoms with Crippen LogP contribution in [0.4, 0.5) is 0 Å². The molecule has 0 radical (unpaired) electrons. The molecule has 0 aliphatic heterocycles. The minimum atomic E-state index is -0.935. The Morgan fingerprint density at radius 2 is 1.56 bits per heavy atom. The molecule has 2 bridgehead atoms. The van der Waals surface area contributed by atoms with Crippen molar-refractivity contribution in [2.24, 2.45) is 23.7 Å². The average molecular weight is 222 g/mol. The van der Waals surface area contributed by atoms with Crippen LogP contribution in [-0.2, 0) is 4.79 Å². The van der Waals surface area contributed by atoms with Gasteiger partial charge >= 0.3 is 5.97 Å². The van der Waals surface area contributed by atoms with E-state index < -0.39 is 5.97 Å². The van der Waals surface area contributed by atoms with Crippen LogP contribution >= 0.6 is 0 Å². The lowest BCUT2D eigenvalue weighted by atomic mass is 9.82. The van der Waals surface area contributed by atoms with Crippen LogP contribution in [0, 0.1) is 23.7 Å². The summed E-state index contributed by atoms with van der Waals surface area (Å²) >= 11 is 0. The van der Waals surface area contributed by atoms with Crippen molar-refractivity contribution >= 4 is 5.97 Å². The van der Waals surface area contributed by atoms with Crippen LogP contribution in [0.5, 0.6) is 0 Å². The molecule has 1 N–H and O–H groups in total. The zero-order valence-electron chi connectivity index (χ0n) is 10.1. The Bertz CT molecular complexity index is 267. The van der Waals surface area contributed by atoms with Crippen LogP contribution in [-0.4, -0.2) is 11.1 Å². The maximum atomic E-state index is 9.60. The third kappa shape index (κ3) is 2.16. The second-order valence-electron chi connectivity index (χ2n) is 5.68. The molecular formula is C14H22O2. The first-order valence-corrected chi connectivity index (χ1v) is 6.48. The van der Waals surface area contributed by atoms with Crippen molar-refractivity contribution in [3.8, 4) is 0 Å². The van der Waals surface area contributed by atoms with Gasteiger partial charge in [-0.1, -0.05) is 13.0 Å². The van der Waals surface area contributed by atoms with Gasteiger partial charge in [-0.05, 0) is 62.7 Å². The molecule has 90 valence electrons. The first-order valence-electron chi connectivity index (χ1n) is 6.48. The molecule has 3 aliphatic rings. The fourth-order valence-electron chi connectivity index (χ4n) is 4.02. The summed E-state index contributed by atoms with van der Waals surface area (Å²) in [4.78, 5) is 9.60. The monoisotopic (exact) mass is 222 g/mol. The highest BCUT2D eigenvalue weighted by Gasteiger charge is 2.48. The molecular weight excluding hydrogens is 200 g/mol. The van der Waals surface area contributed by atoms with Crippen molar-refractivity contribution in [2.75, 3.05) is 0 Å². The Labute approximate surface area is 97.7 Å². The van der Waals surface area contributed by atoms with Crippen LogP contribution in [0.2, 0.25) is 0 Å². The summed E-state index contributed by atoms with van der Waals surface area (Å²) in [6.45, 7) is 4.60. The van der Waals surface area contributed by atoms with Crippen molar-refractivity contribution in [3.05, 3.63) is 12.2 Å². The lowest BCUT2D eigenvalue weighted by molar-refractivity contribution is -0.132. The maximum absolute atomic E-state index is 9.60. The highest BCUT2D eigenvalue weighted by atomic mass is 16.4. The van der Waals surface area contributed by atoms with E-state index in [1.807, 2.05) is 0 Å². The average Bonchev–Trinajstić information content (AvgIpc) is 2.92. The second kappa shape index (κ2) is 4.60. The summed E-state index contributed by atoms with van der Waals surface area (Å²) in [6, 6.07) is 0. The van der Waals surface area contributed by atoms with E-state index >= 15 is 0 Å². The number of carbonyl (C=O) groups is 1. The minimum absolute atomic E-state index is 0.176. The molecule has 3 fully saturated rings. The quantitative estimate of drug-likeness (QED) is 0.690. The Morgan fingerprint density at radius 1 is 1.12 bits per heavy atom. The molecule has 0 saturated heterocycles. The molecule has 3 aliphatic carbocycles.